The SMILES string of the molecule is NC(=O)C1(c2ccccc2)N=C1c1ccccc1. The highest BCUT2D eigenvalue weighted by Crippen LogP contribution is 2.42. The monoisotopic (exact) mass is 236 g/mol. The molecule has 1 amide bonds. The van der Waals surface area contributed by atoms with Crippen LogP contribution in [-0.4, -0.2) is 11.6 Å². The summed E-state index contributed by atoms with van der Waals surface area (Å²) in [5, 5.41) is 0. The normalized spacial score (nSPS) is 21.2. The number of hydrogen-bond acceptors (Lipinski definition) is 2. The second-order valence-electron chi connectivity index (χ2n) is 4.27. The van der Waals surface area contributed by atoms with Gasteiger partial charge in [0.15, 0.2) is 0 Å². The number of hydrogen-bond donors (Lipinski definition) is 1. The number of carbonyl (C=O) groups is 1. The Bertz CT molecular complexity index is 619. The molecule has 0 saturated carbocycles. The average molecular weight is 236 g/mol. The fraction of sp³-hybridized carbons (Fsp3) is 0.0667. The highest BCUT2D eigenvalue weighted by Gasteiger charge is 2.54. The molecule has 1 aliphatic rings. The number of nitrogens with two attached hydrogens (primary N) is 1. The number of rotatable bonds is 3. The molecule has 2 aromatic carbocycles. The van der Waals surface area contributed by atoms with Gasteiger partial charge < -0.3 is 5.73 Å². The number of primary amides is 1. The van der Waals surface area contributed by atoms with Crippen molar-refractivity contribution < 1.29 is 4.79 Å². The zero-order chi connectivity index (χ0) is 12.6. The number of aliphatic imine (C=N–C) groups is 1. The second-order valence-corrected chi connectivity index (χ2v) is 4.27. The van der Waals surface area contributed by atoms with Crippen molar-refractivity contribution in [3.8, 4) is 0 Å². The van der Waals surface area contributed by atoms with E-state index in [4.69, 9.17) is 5.73 Å². The van der Waals surface area contributed by atoms with E-state index in [2.05, 4.69) is 4.99 Å². The van der Waals surface area contributed by atoms with E-state index in [-0.39, 0.29) is 0 Å². The number of benzene rings is 2. The largest absolute Gasteiger partial charge is 0.367 e. The number of amides is 1. The van der Waals surface area contributed by atoms with Gasteiger partial charge in [0, 0.05) is 0 Å². The van der Waals surface area contributed by atoms with Crippen LogP contribution in [-0.2, 0) is 10.3 Å². The Morgan fingerprint density at radius 3 is 2.06 bits per heavy atom. The topological polar surface area (TPSA) is 55.5 Å². The molecule has 0 saturated heterocycles. The fourth-order valence-corrected chi connectivity index (χ4v) is 2.20. The molecule has 1 atom stereocenters. The summed E-state index contributed by atoms with van der Waals surface area (Å²) in [4.78, 5) is 16.1. The van der Waals surface area contributed by atoms with Crippen LogP contribution in [0.4, 0.5) is 0 Å². The molecule has 2 aromatic rings. The molecule has 0 fully saturated rings. The first-order chi connectivity index (χ1) is 8.75. The zero-order valence-electron chi connectivity index (χ0n) is 9.71. The van der Waals surface area contributed by atoms with Gasteiger partial charge in [-0.2, -0.15) is 0 Å². The van der Waals surface area contributed by atoms with Crippen LogP contribution >= 0.6 is 0 Å². The van der Waals surface area contributed by atoms with E-state index in [1.165, 1.54) is 0 Å². The Hall–Kier alpha value is -2.42. The molecule has 0 radical (unpaired) electrons. The van der Waals surface area contributed by atoms with Crippen LogP contribution in [0, 0.1) is 0 Å². The molecule has 18 heavy (non-hydrogen) atoms. The Kier molecular flexibility index (Phi) is 2.27. The average Bonchev–Trinajstić information content (AvgIpc) is 3.18. The van der Waals surface area contributed by atoms with Gasteiger partial charge in [-0.05, 0) is 11.1 Å². The maximum atomic E-state index is 11.8. The van der Waals surface area contributed by atoms with Crippen LogP contribution in [0.25, 0.3) is 0 Å². The molecule has 3 nitrogen and oxygen atoms in total. The van der Waals surface area contributed by atoms with Crippen molar-refractivity contribution in [2.24, 2.45) is 10.7 Å². The molecule has 1 unspecified atom stereocenters. The standard InChI is InChI=1S/C15H12N2O/c16-14(18)15(12-9-5-2-6-10-12)13(17-15)11-7-3-1-4-8-11/h1-10H,(H2,16,18). The van der Waals surface area contributed by atoms with Crippen molar-refractivity contribution in [2.75, 3.05) is 0 Å². The summed E-state index contributed by atoms with van der Waals surface area (Å²) in [5.74, 6) is -0.424. The van der Waals surface area contributed by atoms with Crippen molar-refractivity contribution in [2.45, 2.75) is 5.54 Å². The molecule has 1 aliphatic heterocycles. The van der Waals surface area contributed by atoms with Crippen molar-refractivity contribution in [1.82, 2.24) is 0 Å². The minimum Gasteiger partial charge on any atom is -0.367 e. The van der Waals surface area contributed by atoms with E-state index >= 15 is 0 Å². The van der Waals surface area contributed by atoms with E-state index in [0.717, 1.165) is 16.8 Å². The predicted molar refractivity (Wildman–Crippen MR) is 70.3 cm³/mol. The van der Waals surface area contributed by atoms with Crippen LogP contribution in [0.2, 0.25) is 0 Å². The smallest absolute Gasteiger partial charge is 0.256 e. The molecule has 2 N–H and O–H groups in total. The van der Waals surface area contributed by atoms with Gasteiger partial charge in [0.2, 0.25) is 5.54 Å². The maximum absolute atomic E-state index is 11.8. The van der Waals surface area contributed by atoms with Gasteiger partial charge in [-0.3, -0.25) is 9.79 Å². The van der Waals surface area contributed by atoms with E-state index in [1.54, 1.807) is 0 Å². The third-order valence-electron chi connectivity index (χ3n) is 3.17. The van der Waals surface area contributed by atoms with Crippen molar-refractivity contribution in [1.29, 1.82) is 0 Å². The van der Waals surface area contributed by atoms with Crippen LogP contribution < -0.4 is 5.73 Å². The Balaban J connectivity index is 2.03. The summed E-state index contributed by atoms with van der Waals surface area (Å²) < 4.78 is 0. The Morgan fingerprint density at radius 1 is 0.944 bits per heavy atom. The second kappa shape index (κ2) is 3.81. The quantitative estimate of drug-likeness (QED) is 0.869. The molecule has 0 bridgehead atoms. The molecule has 3 rings (SSSR count). The van der Waals surface area contributed by atoms with E-state index < -0.39 is 11.4 Å². The van der Waals surface area contributed by atoms with Gasteiger partial charge in [0.25, 0.3) is 5.91 Å². The highest BCUT2D eigenvalue weighted by molar-refractivity contribution is 6.29. The first kappa shape index (κ1) is 10.7. The minimum absolute atomic E-state index is 0.424. The van der Waals surface area contributed by atoms with Gasteiger partial charge in [0.1, 0.15) is 0 Å². The lowest BCUT2D eigenvalue weighted by Crippen LogP contribution is -2.34. The number of nitrogens with zero attached hydrogens (tertiary/aromatic N) is 1. The van der Waals surface area contributed by atoms with Crippen molar-refractivity contribution >= 4 is 11.6 Å². The van der Waals surface area contributed by atoms with Gasteiger partial charge >= 0.3 is 0 Å². The molecule has 0 spiro atoms. The van der Waals surface area contributed by atoms with Crippen LogP contribution in [0.1, 0.15) is 11.1 Å². The lowest BCUT2D eigenvalue weighted by molar-refractivity contribution is -0.120. The summed E-state index contributed by atoms with van der Waals surface area (Å²) in [7, 11) is 0. The molecule has 0 aliphatic carbocycles. The highest BCUT2D eigenvalue weighted by atomic mass is 16.1. The third-order valence-corrected chi connectivity index (χ3v) is 3.17. The third kappa shape index (κ3) is 1.44. The predicted octanol–water partition coefficient (Wildman–Crippen LogP) is 1.87. The van der Waals surface area contributed by atoms with E-state index in [9.17, 15) is 4.79 Å². The summed E-state index contributed by atoms with van der Waals surface area (Å²) in [5.41, 5.74) is 7.11. The summed E-state index contributed by atoms with van der Waals surface area (Å²) >= 11 is 0. The maximum Gasteiger partial charge on any atom is 0.256 e. The van der Waals surface area contributed by atoms with Crippen molar-refractivity contribution in [3.05, 3.63) is 71.8 Å². The first-order valence-electron chi connectivity index (χ1n) is 5.76. The Labute approximate surface area is 105 Å². The lowest BCUT2D eigenvalue weighted by Gasteiger charge is -2.11. The van der Waals surface area contributed by atoms with Crippen LogP contribution in [0.15, 0.2) is 65.7 Å². The molecule has 3 heteroatoms. The first-order valence-corrected chi connectivity index (χ1v) is 5.76. The van der Waals surface area contributed by atoms with Gasteiger partial charge in [-0.1, -0.05) is 60.7 Å². The summed E-state index contributed by atoms with van der Waals surface area (Å²) in [6.45, 7) is 0. The summed E-state index contributed by atoms with van der Waals surface area (Å²) in [6, 6.07) is 19.1. The van der Waals surface area contributed by atoms with E-state index in [1.807, 2.05) is 60.7 Å². The fourth-order valence-electron chi connectivity index (χ4n) is 2.20. The zero-order valence-corrected chi connectivity index (χ0v) is 9.71. The van der Waals surface area contributed by atoms with Gasteiger partial charge in [0.05, 0.1) is 5.71 Å². The molecular weight excluding hydrogens is 224 g/mol. The van der Waals surface area contributed by atoms with E-state index in [0.29, 0.717) is 0 Å². The lowest BCUT2D eigenvalue weighted by atomic mass is 9.90. The van der Waals surface area contributed by atoms with Crippen LogP contribution in [0.3, 0.4) is 0 Å². The van der Waals surface area contributed by atoms with Gasteiger partial charge in [-0.15, -0.1) is 0 Å². The van der Waals surface area contributed by atoms with Crippen molar-refractivity contribution in [3.63, 3.8) is 0 Å². The molecule has 1 heterocycles. The summed E-state index contributed by atoms with van der Waals surface area (Å²) in [6.07, 6.45) is 0. The molecule has 88 valence electrons. The van der Waals surface area contributed by atoms with Gasteiger partial charge in [-0.25, -0.2) is 0 Å². The number of carbonyl (C=O) groups excluding carboxylic acids is 1. The van der Waals surface area contributed by atoms with Crippen LogP contribution in [0.5, 0.6) is 0 Å². The Morgan fingerprint density at radius 2 is 1.50 bits per heavy atom. The molecular formula is C15H12N2O. The minimum atomic E-state index is -0.956. The molecule has 0 aromatic heterocycles.